The summed E-state index contributed by atoms with van der Waals surface area (Å²) in [5.41, 5.74) is 8.86. The molecule has 126 valence electrons. The molecule has 0 aliphatic carbocycles. The van der Waals surface area contributed by atoms with Crippen LogP contribution in [0.25, 0.3) is 0 Å². The third kappa shape index (κ3) is 3.73. The smallest absolute Gasteiger partial charge is 0.248 e. The Morgan fingerprint density at radius 2 is 1.75 bits per heavy atom. The average molecular weight is 385 g/mol. The number of amides is 1. The summed E-state index contributed by atoms with van der Waals surface area (Å²) in [6, 6.07) is 12.8. The number of hydrogen-bond donors (Lipinski definition) is 1. The first-order valence-corrected chi connectivity index (χ1v) is 7.96. The van der Waals surface area contributed by atoms with Gasteiger partial charge in [0.2, 0.25) is 5.91 Å². The molecular formula is C17H16Cl3N3O. The molecule has 2 aromatic carbocycles. The highest BCUT2D eigenvalue weighted by molar-refractivity contribution is 6.32. The summed E-state index contributed by atoms with van der Waals surface area (Å²) in [4.78, 5) is 18.6. The van der Waals surface area contributed by atoms with Crippen LogP contribution in [0.1, 0.15) is 11.1 Å². The Morgan fingerprint density at radius 3 is 2.42 bits per heavy atom. The van der Waals surface area contributed by atoms with Gasteiger partial charge in [0, 0.05) is 34.3 Å². The van der Waals surface area contributed by atoms with Crippen molar-refractivity contribution in [1.82, 2.24) is 0 Å². The van der Waals surface area contributed by atoms with E-state index in [0.29, 0.717) is 23.1 Å². The first kappa shape index (κ1) is 18.7. The fourth-order valence-electron chi connectivity index (χ4n) is 2.61. The van der Waals surface area contributed by atoms with Gasteiger partial charge in [-0.15, -0.1) is 12.4 Å². The van der Waals surface area contributed by atoms with Crippen LogP contribution in [0.3, 0.4) is 0 Å². The number of nitrogens with two attached hydrogens (primary N) is 1. The van der Waals surface area contributed by atoms with E-state index in [9.17, 15) is 4.79 Å². The molecule has 0 atom stereocenters. The van der Waals surface area contributed by atoms with Gasteiger partial charge in [-0.05, 0) is 30.3 Å². The zero-order chi connectivity index (χ0) is 16.4. The topological polar surface area (TPSA) is 58.7 Å². The van der Waals surface area contributed by atoms with Gasteiger partial charge >= 0.3 is 0 Å². The molecule has 2 aromatic rings. The Labute approximate surface area is 156 Å². The molecule has 0 bridgehead atoms. The monoisotopic (exact) mass is 383 g/mol. The van der Waals surface area contributed by atoms with E-state index in [1.54, 1.807) is 23.1 Å². The number of benzodiazepines with no additional fused rings is 1. The Morgan fingerprint density at radius 1 is 1.08 bits per heavy atom. The summed E-state index contributed by atoms with van der Waals surface area (Å²) < 4.78 is 0. The standard InChI is InChI=1S/C17H15Cl2N3O.ClH/c18-12-3-1-11(2-4-12)17-14-9-13(19)5-6-15(14)22(8-7-20)16(23)10-21-17;/h1-6,9H,7-8,10,20H2;1H. The summed E-state index contributed by atoms with van der Waals surface area (Å²) >= 11 is 12.1. The van der Waals surface area contributed by atoms with E-state index in [1.165, 1.54) is 0 Å². The molecule has 3 rings (SSSR count). The van der Waals surface area contributed by atoms with Crippen LogP contribution in [0, 0.1) is 0 Å². The second kappa shape index (κ2) is 7.99. The highest BCUT2D eigenvalue weighted by atomic mass is 35.5. The molecule has 1 aliphatic rings. The highest BCUT2D eigenvalue weighted by Gasteiger charge is 2.24. The van der Waals surface area contributed by atoms with Gasteiger partial charge in [-0.25, -0.2) is 0 Å². The van der Waals surface area contributed by atoms with Crippen molar-refractivity contribution < 1.29 is 4.79 Å². The minimum Gasteiger partial charge on any atom is -0.329 e. The van der Waals surface area contributed by atoms with Crippen molar-refractivity contribution in [2.45, 2.75) is 0 Å². The van der Waals surface area contributed by atoms with E-state index in [0.717, 1.165) is 22.5 Å². The van der Waals surface area contributed by atoms with Gasteiger partial charge in [0.25, 0.3) is 0 Å². The molecule has 1 heterocycles. The van der Waals surface area contributed by atoms with E-state index >= 15 is 0 Å². The lowest BCUT2D eigenvalue weighted by Crippen LogP contribution is -2.36. The van der Waals surface area contributed by atoms with Crippen molar-refractivity contribution in [2.24, 2.45) is 10.7 Å². The molecule has 1 aliphatic heterocycles. The summed E-state index contributed by atoms with van der Waals surface area (Å²) in [6.45, 7) is 0.894. The second-order valence-corrected chi connectivity index (χ2v) is 6.04. The maximum Gasteiger partial charge on any atom is 0.248 e. The third-order valence-electron chi connectivity index (χ3n) is 3.65. The molecule has 4 nitrogen and oxygen atoms in total. The molecule has 2 N–H and O–H groups in total. The van der Waals surface area contributed by atoms with Crippen molar-refractivity contribution in [3.05, 3.63) is 63.6 Å². The average Bonchev–Trinajstić information content (AvgIpc) is 2.67. The zero-order valence-corrected chi connectivity index (χ0v) is 15.0. The molecule has 0 fully saturated rings. The van der Waals surface area contributed by atoms with Crippen molar-refractivity contribution in [3.8, 4) is 0 Å². The number of rotatable bonds is 3. The summed E-state index contributed by atoms with van der Waals surface area (Å²) in [6.07, 6.45) is 0. The van der Waals surface area contributed by atoms with Crippen LogP contribution < -0.4 is 10.6 Å². The number of benzene rings is 2. The van der Waals surface area contributed by atoms with Crippen LogP contribution in [-0.2, 0) is 4.79 Å². The van der Waals surface area contributed by atoms with E-state index in [1.807, 2.05) is 24.3 Å². The molecule has 7 heteroatoms. The zero-order valence-electron chi connectivity index (χ0n) is 12.7. The van der Waals surface area contributed by atoms with Crippen molar-refractivity contribution in [1.29, 1.82) is 0 Å². The van der Waals surface area contributed by atoms with Gasteiger partial charge < -0.3 is 10.6 Å². The van der Waals surface area contributed by atoms with Crippen LogP contribution in [-0.4, -0.2) is 31.3 Å². The maximum atomic E-state index is 12.4. The van der Waals surface area contributed by atoms with Gasteiger partial charge in [-0.2, -0.15) is 0 Å². The highest BCUT2D eigenvalue weighted by Crippen LogP contribution is 2.29. The first-order valence-electron chi connectivity index (χ1n) is 7.21. The fourth-order valence-corrected chi connectivity index (χ4v) is 2.91. The number of anilines is 1. The van der Waals surface area contributed by atoms with E-state index in [4.69, 9.17) is 28.9 Å². The van der Waals surface area contributed by atoms with Crippen molar-refractivity contribution >= 4 is 52.9 Å². The third-order valence-corrected chi connectivity index (χ3v) is 4.14. The molecule has 0 spiro atoms. The molecule has 0 saturated carbocycles. The number of fused-ring (bicyclic) bond motifs is 1. The molecule has 0 radical (unpaired) electrons. The predicted molar refractivity (Wildman–Crippen MR) is 102 cm³/mol. The number of nitrogens with zero attached hydrogens (tertiary/aromatic N) is 2. The SMILES string of the molecule is Cl.NCCN1C(=O)CN=C(c2ccc(Cl)cc2)c2cc(Cl)ccc21. The van der Waals surface area contributed by atoms with Gasteiger partial charge in [0.1, 0.15) is 6.54 Å². The summed E-state index contributed by atoms with van der Waals surface area (Å²) in [7, 11) is 0. The van der Waals surface area contributed by atoms with E-state index in [2.05, 4.69) is 4.99 Å². The summed E-state index contributed by atoms with van der Waals surface area (Å²) in [5.74, 6) is -0.0806. The Hall–Kier alpha value is -1.59. The van der Waals surface area contributed by atoms with Crippen LogP contribution >= 0.6 is 35.6 Å². The molecule has 0 unspecified atom stereocenters. The predicted octanol–water partition coefficient (Wildman–Crippen LogP) is 3.56. The molecule has 0 saturated heterocycles. The molecule has 24 heavy (non-hydrogen) atoms. The quantitative estimate of drug-likeness (QED) is 0.879. The molecule has 1 amide bonds. The molecular weight excluding hydrogens is 369 g/mol. The van der Waals surface area contributed by atoms with Crippen molar-refractivity contribution in [2.75, 3.05) is 24.5 Å². The lowest BCUT2D eigenvalue weighted by molar-refractivity contribution is -0.117. The molecule has 0 aromatic heterocycles. The lowest BCUT2D eigenvalue weighted by atomic mass is 10.00. The summed E-state index contributed by atoms with van der Waals surface area (Å²) in [5, 5.41) is 1.24. The largest absolute Gasteiger partial charge is 0.329 e. The van der Waals surface area contributed by atoms with Crippen LogP contribution in [0.4, 0.5) is 5.69 Å². The number of halogens is 3. The number of carbonyl (C=O) groups excluding carboxylic acids is 1. The van der Waals surface area contributed by atoms with Crippen molar-refractivity contribution in [3.63, 3.8) is 0 Å². The van der Waals surface area contributed by atoms with Crippen LogP contribution in [0.5, 0.6) is 0 Å². The van der Waals surface area contributed by atoms with Gasteiger partial charge in [0.05, 0.1) is 11.4 Å². The van der Waals surface area contributed by atoms with Crippen LogP contribution in [0.15, 0.2) is 47.5 Å². The lowest BCUT2D eigenvalue weighted by Gasteiger charge is -2.22. The van der Waals surface area contributed by atoms with Crippen LogP contribution in [0.2, 0.25) is 10.0 Å². The van der Waals surface area contributed by atoms with Gasteiger partial charge in [-0.3, -0.25) is 9.79 Å². The minimum absolute atomic E-state index is 0. The number of hydrogen-bond acceptors (Lipinski definition) is 3. The van der Waals surface area contributed by atoms with E-state index < -0.39 is 0 Å². The fraction of sp³-hybridized carbons (Fsp3) is 0.176. The van der Waals surface area contributed by atoms with Gasteiger partial charge in [-0.1, -0.05) is 35.3 Å². The maximum absolute atomic E-state index is 12.4. The first-order chi connectivity index (χ1) is 11.1. The normalized spacial score (nSPS) is 13.7. The van der Waals surface area contributed by atoms with Gasteiger partial charge in [0.15, 0.2) is 0 Å². The minimum atomic E-state index is -0.0806. The Bertz CT molecular complexity index is 775. The Balaban J connectivity index is 0.00000208. The number of aliphatic imine (C=N–C) groups is 1. The second-order valence-electron chi connectivity index (χ2n) is 5.17. The van der Waals surface area contributed by atoms with E-state index in [-0.39, 0.29) is 24.9 Å². The Kier molecular flexibility index (Phi) is 6.24. The number of carbonyl (C=O) groups is 1.